The number of imide groups is 1. The average Bonchev–Trinajstić information content (AvgIpc) is 2.74. The Morgan fingerprint density at radius 3 is 2.10 bits per heavy atom. The van der Waals surface area contributed by atoms with Crippen molar-refractivity contribution in [3.63, 3.8) is 0 Å². The highest BCUT2D eigenvalue weighted by atomic mass is 79.9. The Balaban J connectivity index is 2.18. The lowest BCUT2D eigenvalue weighted by atomic mass is 10.1. The first-order valence-electron chi connectivity index (χ1n) is 6.37. The second kappa shape index (κ2) is 5.00. The number of rotatable bonds is 2. The number of anilines is 1. The van der Waals surface area contributed by atoms with Crippen LogP contribution in [0.15, 0.2) is 40.9 Å². The van der Waals surface area contributed by atoms with Crippen molar-refractivity contribution in [3.05, 3.63) is 57.6 Å². The van der Waals surface area contributed by atoms with Gasteiger partial charge in [0.1, 0.15) is 5.75 Å². The van der Waals surface area contributed by atoms with Gasteiger partial charge in [-0.2, -0.15) is 0 Å². The van der Waals surface area contributed by atoms with Crippen molar-refractivity contribution < 1.29 is 14.3 Å². The number of benzene rings is 2. The van der Waals surface area contributed by atoms with Gasteiger partial charge in [-0.15, -0.1) is 0 Å². The molecule has 0 fully saturated rings. The Hall–Kier alpha value is -2.14. The van der Waals surface area contributed by atoms with Crippen molar-refractivity contribution in [2.75, 3.05) is 12.0 Å². The molecule has 0 radical (unpaired) electrons. The summed E-state index contributed by atoms with van der Waals surface area (Å²) < 4.78 is 6.25. The summed E-state index contributed by atoms with van der Waals surface area (Å²) in [6, 6.07) is 10.3. The van der Waals surface area contributed by atoms with Gasteiger partial charge in [-0.1, -0.05) is 28.1 Å². The van der Waals surface area contributed by atoms with Crippen molar-refractivity contribution in [2.45, 2.75) is 6.92 Å². The summed E-state index contributed by atoms with van der Waals surface area (Å²) in [6.45, 7) is 1.87. The molecular formula is C16H12BrNO3. The highest BCUT2D eigenvalue weighted by Gasteiger charge is 2.38. The standard InChI is InChI=1S/C16H12BrNO3/c1-9-12(17)7-8-13(14(9)21-2)18-15(19)10-5-3-4-6-11(10)16(18)20/h3-8H,1-2H3. The Kier molecular flexibility index (Phi) is 3.29. The molecule has 2 aromatic rings. The van der Waals surface area contributed by atoms with E-state index in [4.69, 9.17) is 4.74 Å². The molecule has 21 heavy (non-hydrogen) atoms. The molecular weight excluding hydrogens is 334 g/mol. The number of fused-ring (bicyclic) bond motifs is 1. The van der Waals surface area contributed by atoms with Crippen LogP contribution in [0.2, 0.25) is 0 Å². The second-order valence-electron chi connectivity index (χ2n) is 4.72. The summed E-state index contributed by atoms with van der Waals surface area (Å²) in [7, 11) is 1.52. The molecule has 4 nitrogen and oxygen atoms in total. The molecule has 0 aliphatic carbocycles. The van der Waals surface area contributed by atoms with E-state index < -0.39 is 0 Å². The van der Waals surface area contributed by atoms with Gasteiger partial charge < -0.3 is 4.74 Å². The van der Waals surface area contributed by atoms with Crippen molar-refractivity contribution in [1.29, 1.82) is 0 Å². The number of methoxy groups -OCH3 is 1. The molecule has 0 N–H and O–H groups in total. The monoisotopic (exact) mass is 345 g/mol. The Bertz CT molecular complexity index is 735. The fourth-order valence-electron chi connectivity index (χ4n) is 2.50. The quantitative estimate of drug-likeness (QED) is 0.781. The van der Waals surface area contributed by atoms with E-state index in [9.17, 15) is 9.59 Å². The molecule has 0 spiro atoms. The minimum Gasteiger partial charge on any atom is -0.494 e. The van der Waals surface area contributed by atoms with Crippen LogP contribution in [0.25, 0.3) is 0 Å². The maximum atomic E-state index is 12.5. The number of halogens is 1. The van der Waals surface area contributed by atoms with E-state index in [2.05, 4.69) is 15.9 Å². The third-order valence-corrected chi connectivity index (χ3v) is 4.42. The largest absolute Gasteiger partial charge is 0.494 e. The number of ether oxygens (including phenoxy) is 1. The zero-order valence-corrected chi connectivity index (χ0v) is 13.1. The molecule has 5 heteroatoms. The summed E-state index contributed by atoms with van der Waals surface area (Å²) in [4.78, 5) is 26.2. The summed E-state index contributed by atoms with van der Waals surface area (Å²) >= 11 is 3.42. The first-order valence-corrected chi connectivity index (χ1v) is 7.16. The molecule has 106 valence electrons. The number of nitrogens with zero attached hydrogens (tertiary/aromatic N) is 1. The Morgan fingerprint density at radius 1 is 1.00 bits per heavy atom. The zero-order valence-electron chi connectivity index (χ0n) is 11.5. The van der Waals surface area contributed by atoms with Crippen LogP contribution in [-0.4, -0.2) is 18.9 Å². The first-order chi connectivity index (χ1) is 10.1. The molecule has 1 heterocycles. The van der Waals surface area contributed by atoms with Crippen LogP contribution in [0.3, 0.4) is 0 Å². The lowest BCUT2D eigenvalue weighted by Gasteiger charge is -2.19. The minimum absolute atomic E-state index is 0.323. The number of carbonyl (C=O) groups is 2. The molecule has 0 aromatic heterocycles. The van der Waals surface area contributed by atoms with Gasteiger partial charge in [0, 0.05) is 10.0 Å². The maximum absolute atomic E-state index is 12.5. The molecule has 2 amide bonds. The predicted molar refractivity (Wildman–Crippen MR) is 83.0 cm³/mol. The third kappa shape index (κ3) is 1.96. The van der Waals surface area contributed by atoms with Gasteiger partial charge in [0.15, 0.2) is 0 Å². The maximum Gasteiger partial charge on any atom is 0.266 e. The van der Waals surface area contributed by atoms with Gasteiger partial charge in [0.25, 0.3) is 11.8 Å². The minimum atomic E-state index is -0.323. The second-order valence-corrected chi connectivity index (χ2v) is 5.57. The van der Waals surface area contributed by atoms with Crippen LogP contribution in [0.4, 0.5) is 5.69 Å². The van der Waals surface area contributed by atoms with Gasteiger partial charge in [-0.3, -0.25) is 9.59 Å². The van der Waals surface area contributed by atoms with E-state index >= 15 is 0 Å². The lowest BCUT2D eigenvalue weighted by Crippen LogP contribution is -2.29. The number of hydrogen-bond acceptors (Lipinski definition) is 3. The van der Waals surface area contributed by atoms with Gasteiger partial charge in [-0.25, -0.2) is 4.90 Å². The van der Waals surface area contributed by atoms with Crippen LogP contribution in [0.5, 0.6) is 5.75 Å². The first kappa shape index (κ1) is 13.8. The van der Waals surface area contributed by atoms with Crippen LogP contribution in [0, 0.1) is 6.92 Å². The topological polar surface area (TPSA) is 46.6 Å². The molecule has 1 aliphatic heterocycles. The molecule has 0 atom stereocenters. The van der Waals surface area contributed by atoms with Crippen LogP contribution < -0.4 is 9.64 Å². The summed E-state index contributed by atoms with van der Waals surface area (Å²) in [5.74, 6) is -0.134. The zero-order chi connectivity index (χ0) is 15.1. The smallest absolute Gasteiger partial charge is 0.266 e. The fourth-order valence-corrected chi connectivity index (χ4v) is 2.81. The predicted octanol–water partition coefficient (Wildman–Crippen LogP) is 3.57. The van der Waals surface area contributed by atoms with E-state index in [0.717, 1.165) is 10.0 Å². The normalized spacial score (nSPS) is 13.6. The van der Waals surface area contributed by atoms with Crippen LogP contribution in [0.1, 0.15) is 26.3 Å². The fraction of sp³-hybridized carbons (Fsp3) is 0.125. The van der Waals surface area contributed by atoms with Crippen molar-refractivity contribution in [3.8, 4) is 5.75 Å². The molecule has 2 aromatic carbocycles. The van der Waals surface area contributed by atoms with E-state index in [0.29, 0.717) is 22.6 Å². The molecule has 0 unspecified atom stereocenters. The van der Waals surface area contributed by atoms with Crippen LogP contribution in [-0.2, 0) is 0 Å². The van der Waals surface area contributed by atoms with Crippen molar-refractivity contribution >= 4 is 33.4 Å². The SMILES string of the molecule is COc1c(N2C(=O)c3ccccc3C2=O)ccc(Br)c1C. The van der Waals surface area contributed by atoms with Gasteiger partial charge in [-0.05, 0) is 31.2 Å². The lowest BCUT2D eigenvalue weighted by molar-refractivity contribution is 0.0925. The molecule has 3 rings (SSSR count). The molecule has 0 saturated heterocycles. The van der Waals surface area contributed by atoms with Gasteiger partial charge >= 0.3 is 0 Å². The van der Waals surface area contributed by atoms with E-state index in [-0.39, 0.29) is 11.8 Å². The summed E-state index contributed by atoms with van der Waals surface area (Å²) in [5.41, 5.74) is 2.14. The Labute approximate surface area is 130 Å². The van der Waals surface area contributed by atoms with Gasteiger partial charge in [0.05, 0.1) is 23.9 Å². The van der Waals surface area contributed by atoms with Crippen molar-refractivity contribution in [2.24, 2.45) is 0 Å². The van der Waals surface area contributed by atoms with E-state index in [1.54, 1.807) is 36.4 Å². The van der Waals surface area contributed by atoms with Crippen molar-refractivity contribution in [1.82, 2.24) is 0 Å². The highest BCUT2D eigenvalue weighted by molar-refractivity contribution is 9.10. The third-order valence-electron chi connectivity index (χ3n) is 3.56. The number of amides is 2. The summed E-state index contributed by atoms with van der Waals surface area (Å²) in [5, 5.41) is 0. The molecule has 0 bridgehead atoms. The van der Waals surface area contributed by atoms with E-state index in [1.807, 2.05) is 6.92 Å². The number of hydrogen-bond donors (Lipinski definition) is 0. The highest BCUT2D eigenvalue weighted by Crippen LogP contribution is 2.39. The molecule has 0 saturated carbocycles. The summed E-state index contributed by atoms with van der Waals surface area (Å²) in [6.07, 6.45) is 0. The average molecular weight is 346 g/mol. The van der Waals surface area contributed by atoms with Crippen LogP contribution >= 0.6 is 15.9 Å². The number of carbonyl (C=O) groups excluding carboxylic acids is 2. The Morgan fingerprint density at radius 2 is 1.57 bits per heavy atom. The molecule has 1 aliphatic rings. The van der Waals surface area contributed by atoms with Gasteiger partial charge in [0.2, 0.25) is 0 Å². The van der Waals surface area contributed by atoms with E-state index in [1.165, 1.54) is 12.0 Å².